The van der Waals surface area contributed by atoms with Crippen molar-refractivity contribution >= 4 is 0 Å². The van der Waals surface area contributed by atoms with Crippen molar-refractivity contribution in [3.05, 3.63) is 65.0 Å². The number of rotatable bonds is 2. The fourth-order valence-corrected chi connectivity index (χ4v) is 1.65. The summed E-state index contributed by atoms with van der Waals surface area (Å²) in [5, 5.41) is 0. The molecule has 18 heavy (non-hydrogen) atoms. The Morgan fingerprint density at radius 2 is 1.56 bits per heavy atom. The van der Waals surface area contributed by atoms with Gasteiger partial charge in [0.1, 0.15) is 0 Å². The summed E-state index contributed by atoms with van der Waals surface area (Å²) in [5.74, 6) is 0. The second-order valence-corrected chi connectivity index (χ2v) is 4.18. The van der Waals surface area contributed by atoms with Crippen LogP contribution in [0.2, 0.25) is 0 Å². The molecule has 0 saturated heterocycles. The first kappa shape index (κ1) is 12.6. The first-order chi connectivity index (χ1) is 8.45. The number of nitrogens with zero attached hydrogens (tertiary/aromatic N) is 1. The maximum Gasteiger partial charge on any atom is 0.416 e. The minimum absolute atomic E-state index is 0.589. The molecule has 0 saturated carbocycles. The molecule has 0 radical (unpaired) electrons. The molecule has 0 atom stereocenters. The molecule has 94 valence electrons. The van der Waals surface area contributed by atoms with Crippen LogP contribution in [-0.4, -0.2) is 4.98 Å². The average Bonchev–Trinajstić information content (AvgIpc) is 2.32. The molecule has 0 aliphatic heterocycles. The van der Waals surface area contributed by atoms with Gasteiger partial charge in [-0.25, -0.2) is 0 Å². The van der Waals surface area contributed by atoms with Gasteiger partial charge >= 0.3 is 6.18 Å². The van der Waals surface area contributed by atoms with E-state index in [1.165, 1.54) is 12.1 Å². The highest BCUT2D eigenvalue weighted by atomic mass is 19.4. The number of hydrogen-bond acceptors (Lipinski definition) is 1. The minimum atomic E-state index is -4.27. The van der Waals surface area contributed by atoms with Crippen molar-refractivity contribution in [1.82, 2.24) is 4.98 Å². The van der Waals surface area contributed by atoms with Gasteiger partial charge in [-0.1, -0.05) is 18.2 Å². The molecule has 1 heterocycles. The monoisotopic (exact) mass is 251 g/mol. The lowest BCUT2D eigenvalue weighted by atomic mass is 10.0. The Morgan fingerprint density at radius 3 is 2.06 bits per heavy atom. The summed E-state index contributed by atoms with van der Waals surface area (Å²) in [6.45, 7) is 1.89. The van der Waals surface area contributed by atoms with E-state index in [1.54, 1.807) is 6.20 Å². The van der Waals surface area contributed by atoms with Crippen LogP contribution in [0.3, 0.4) is 0 Å². The van der Waals surface area contributed by atoms with E-state index in [0.717, 1.165) is 29.0 Å². The van der Waals surface area contributed by atoms with Crippen molar-refractivity contribution in [3.8, 4) is 0 Å². The second-order valence-electron chi connectivity index (χ2n) is 4.18. The van der Waals surface area contributed by atoms with Gasteiger partial charge in [0.05, 0.1) is 5.56 Å². The molecule has 0 unspecified atom stereocenters. The van der Waals surface area contributed by atoms with Crippen LogP contribution in [-0.2, 0) is 12.6 Å². The first-order valence-corrected chi connectivity index (χ1v) is 5.53. The third kappa shape index (κ3) is 3.09. The van der Waals surface area contributed by atoms with Crippen molar-refractivity contribution in [2.24, 2.45) is 0 Å². The smallest absolute Gasteiger partial charge is 0.261 e. The van der Waals surface area contributed by atoms with Crippen LogP contribution in [0.1, 0.15) is 22.4 Å². The highest BCUT2D eigenvalue weighted by Gasteiger charge is 2.29. The van der Waals surface area contributed by atoms with Gasteiger partial charge in [-0.15, -0.1) is 0 Å². The zero-order chi connectivity index (χ0) is 13.2. The van der Waals surface area contributed by atoms with Crippen LogP contribution in [0.15, 0.2) is 42.6 Å². The van der Waals surface area contributed by atoms with Gasteiger partial charge in [0.2, 0.25) is 0 Å². The topological polar surface area (TPSA) is 12.9 Å². The summed E-state index contributed by atoms with van der Waals surface area (Å²) >= 11 is 0. The second kappa shape index (κ2) is 4.80. The Bertz CT molecular complexity index is 512. The zero-order valence-electron chi connectivity index (χ0n) is 9.83. The van der Waals surface area contributed by atoms with Crippen molar-refractivity contribution in [3.63, 3.8) is 0 Å². The van der Waals surface area contributed by atoms with E-state index in [4.69, 9.17) is 0 Å². The predicted molar refractivity (Wildman–Crippen MR) is 63.2 cm³/mol. The fourth-order valence-electron chi connectivity index (χ4n) is 1.65. The Balaban J connectivity index is 2.13. The van der Waals surface area contributed by atoms with Gasteiger partial charge in [0.25, 0.3) is 0 Å². The Hall–Kier alpha value is -1.84. The molecule has 2 rings (SSSR count). The summed E-state index contributed by atoms with van der Waals surface area (Å²) in [4.78, 5) is 4.15. The van der Waals surface area contributed by atoms with Crippen molar-refractivity contribution < 1.29 is 13.2 Å². The Kier molecular flexibility index (Phi) is 3.36. The molecular weight excluding hydrogens is 239 g/mol. The van der Waals surface area contributed by atoms with Gasteiger partial charge < -0.3 is 0 Å². The maximum atomic E-state index is 12.4. The average molecular weight is 251 g/mol. The van der Waals surface area contributed by atoms with E-state index in [2.05, 4.69) is 4.98 Å². The van der Waals surface area contributed by atoms with E-state index in [-0.39, 0.29) is 0 Å². The summed E-state index contributed by atoms with van der Waals surface area (Å²) < 4.78 is 37.1. The highest BCUT2D eigenvalue weighted by Crippen LogP contribution is 2.29. The summed E-state index contributed by atoms with van der Waals surface area (Å²) in [7, 11) is 0. The van der Waals surface area contributed by atoms with Crippen LogP contribution in [0, 0.1) is 6.92 Å². The van der Waals surface area contributed by atoms with E-state index in [0.29, 0.717) is 6.42 Å². The van der Waals surface area contributed by atoms with E-state index < -0.39 is 11.7 Å². The Morgan fingerprint density at radius 1 is 0.944 bits per heavy atom. The summed E-state index contributed by atoms with van der Waals surface area (Å²) in [5.41, 5.74) is 2.13. The molecule has 0 amide bonds. The molecule has 0 N–H and O–H groups in total. The van der Waals surface area contributed by atoms with Gasteiger partial charge in [0, 0.05) is 11.9 Å². The lowest BCUT2D eigenvalue weighted by molar-refractivity contribution is -0.137. The van der Waals surface area contributed by atoms with E-state index >= 15 is 0 Å². The highest BCUT2D eigenvalue weighted by molar-refractivity contribution is 5.29. The number of benzene rings is 1. The van der Waals surface area contributed by atoms with Crippen LogP contribution < -0.4 is 0 Å². The minimum Gasteiger partial charge on any atom is -0.261 e. The van der Waals surface area contributed by atoms with Crippen LogP contribution in [0.4, 0.5) is 13.2 Å². The van der Waals surface area contributed by atoms with Gasteiger partial charge in [0.15, 0.2) is 0 Å². The van der Waals surface area contributed by atoms with Crippen LogP contribution in [0.5, 0.6) is 0 Å². The molecule has 0 aliphatic rings. The number of halogens is 3. The first-order valence-electron chi connectivity index (χ1n) is 5.53. The Labute approximate surface area is 103 Å². The molecule has 0 fully saturated rings. The van der Waals surface area contributed by atoms with Gasteiger partial charge in [-0.05, 0) is 42.7 Å². The van der Waals surface area contributed by atoms with Gasteiger partial charge in [-0.2, -0.15) is 13.2 Å². The van der Waals surface area contributed by atoms with Crippen LogP contribution >= 0.6 is 0 Å². The quantitative estimate of drug-likeness (QED) is 0.786. The van der Waals surface area contributed by atoms with Crippen molar-refractivity contribution in [2.45, 2.75) is 19.5 Å². The molecule has 1 aromatic heterocycles. The predicted octanol–water partition coefficient (Wildman–Crippen LogP) is 4.00. The SMILES string of the molecule is Cc1ccc(Cc2ccc(C(F)(F)F)cc2)cn1. The van der Waals surface area contributed by atoms with Crippen molar-refractivity contribution in [2.75, 3.05) is 0 Å². The largest absolute Gasteiger partial charge is 0.416 e. The molecule has 0 bridgehead atoms. The third-order valence-corrected chi connectivity index (χ3v) is 2.66. The number of aromatic nitrogens is 1. The summed E-state index contributed by atoms with van der Waals surface area (Å²) in [6.07, 6.45) is -1.94. The number of hydrogen-bond donors (Lipinski definition) is 0. The number of alkyl halides is 3. The maximum absolute atomic E-state index is 12.4. The summed E-state index contributed by atoms with van der Waals surface area (Å²) in [6, 6.07) is 9.04. The third-order valence-electron chi connectivity index (χ3n) is 2.66. The molecule has 4 heteroatoms. The molecule has 0 spiro atoms. The molecule has 0 aliphatic carbocycles. The van der Waals surface area contributed by atoms with Gasteiger partial charge in [-0.3, -0.25) is 4.98 Å². The number of pyridine rings is 1. The van der Waals surface area contributed by atoms with Crippen molar-refractivity contribution in [1.29, 1.82) is 0 Å². The molecule has 1 nitrogen and oxygen atoms in total. The molecule has 1 aromatic carbocycles. The molecule has 2 aromatic rings. The van der Waals surface area contributed by atoms with E-state index in [9.17, 15) is 13.2 Å². The lowest BCUT2D eigenvalue weighted by Crippen LogP contribution is -2.04. The number of aryl methyl sites for hydroxylation is 1. The zero-order valence-corrected chi connectivity index (χ0v) is 9.83. The van der Waals surface area contributed by atoms with Crippen LogP contribution in [0.25, 0.3) is 0 Å². The standard InChI is InChI=1S/C14H12F3N/c1-10-2-3-12(9-18-10)8-11-4-6-13(7-5-11)14(15,16)17/h2-7,9H,8H2,1H3. The lowest BCUT2D eigenvalue weighted by Gasteiger charge is -2.07. The van der Waals surface area contributed by atoms with E-state index in [1.807, 2.05) is 19.1 Å². The fraction of sp³-hybridized carbons (Fsp3) is 0.214. The molecular formula is C14H12F3N. The normalized spacial score (nSPS) is 11.6.